The maximum absolute atomic E-state index is 10.4. The Hall–Kier alpha value is -0.0800. The number of β-amino-alcohol motifs (C(OH)–C–C–N with tert-alkyl or cyclic N) is 1. The largest absolute Gasteiger partial charge is 0.392 e. The molecule has 2 aliphatic rings. The molecule has 1 N–H and O–H groups in total. The van der Waals surface area contributed by atoms with Crippen LogP contribution in [0.25, 0.3) is 0 Å². The first-order chi connectivity index (χ1) is 8.16. The van der Waals surface area contributed by atoms with Crippen LogP contribution in [0.1, 0.15) is 58.8 Å². The van der Waals surface area contributed by atoms with E-state index >= 15 is 0 Å². The second-order valence-electron chi connectivity index (χ2n) is 6.44. The normalized spacial score (nSPS) is 34.8. The first-order valence-electron chi connectivity index (χ1n) is 7.59. The van der Waals surface area contributed by atoms with Crippen molar-refractivity contribution in [3.63, 3.8) is 0 Å². The molecule has 1 heterocycles. The number of hydrogen-bond donors (Lipinski definition) is 1. The Kier molecular flexibility index (Phi) is 4.87. The van der Waals surface area contributed by atoms with Gasteiger partial charge in [-0.3, -0.25) is 4.90 Å². The molecular weight excluding hydrogens is 210 g/mol. The highest BCUT2D eigenvalue weighted by Gasteiger charge is 2.28. The van der Waals surface area contributed by atoms with E-state index in [9.17, 15) is 5.11 Å². The molecule has 1 saturated carbocycles. The second-order valence-corrected chi connectivity index (χ2v) is 6.44. The first kappa shape index (κ1) is 13.4. The molecule has 0 aromatic carbocycles. The van der Waals surface area contributed by atoms with Gasteiger partial charge in [0.25, 0.3) is 0 Å². The number of rotatable bonds is 3. The molecule has 1 saturated heterocycles. The van der Waals surface area contributed by atoms with E-state index in [1.54, 1.807) is 0 Å². The molecular formula is C15H29NO. The lowest BCUT2D eigenvalue weighted by molar-refractivity contribution is 0.0193. The number of aliphatic hydroxyl groups excluding tert-OH is 1. The monoisotopic (exact) mass is 239 g/mol. The van der Waals surface area contributed by atoms with Gasteiger partial charge in [0.15, 0.2) is 0 Å². The van der Waals surface area contributed by atoms with Gasteiger partial charge in [-0.25, -0.2) is 0 Å². The van der Waals surface area contributed by atoms with Gasteiger partial charge in [-0.15, -0.1) is 0 Å². The summed E-state index contributed by atoms with van der Waals surface area (Å²) in [5, 5.41) is 10.4. The lowest BCUT2D eigenvalue weighted by atomic mass is 9.84. The fourth-order valence-corrected chi connectivity index (χ4v) is 3.64. The van der Waals surface area contributed by atoms with Gasteiger partial charge in [0.05, 0.1) is 6.10 Å². The predicted molar refractivity (Wildman–Crippen MR) is 72.0 cm³/mol. The van der Waals surface area contributed by atoms with Crippen molar-refractivity contribution in [2.24, 2.45) is 11.8 Å². The van der Waals surface area contributed by atoms with Crippen molar-refractivity contribution >= 4 is 0 Å². The number of piperidine rings is 1. The summed E-state index contributed by atoms with van der Waals surface area (Å²) in [6, 6.07) is 0.664. The fraction of sp³-hybridized carbons (Fsp3) is 1.00. The average Bonchev–Trinajstić information content (AvgIpc) is 2.34. The zero-order valence-corrected chi connectivity index (χ0v) is 11.6. The highest BCUT2D eigenvalue weighted by Crippen LogP contribution is 2.28. The SMILES string of the molecule is CC1CCN(CC(O)C2CCCCC2)C(C)C1. The molecule has 3 atom stereocenters. The summed E-state index contributed by atoms with van der Waals surface area (Å²) in [7, 11) is 0. The van der Waals surface area contributed by atoms with Gasteiger partial charge in [-0.2, -0.15) is 0 Å². The van der Waals surface area contributed by atoms with Gasteiger partial charge in [-0.1, -0.05) is 26.2 Å². The molecule has 0 bridgehead atoms. The lowest BCUT2D eigenvalue weighted by Crippen LogP contribution is -2.46. The molecule has 0 aromatic rings. The van der Waals surface area contributed by atoms with Crippen LogP contribution in [0, 0.1) is 11.8 Å². The van der Waals surface area contributed by atoms with Crippen LogP contribution in [-0.2, 0) is 0 Å². The van der Waals surface area contributed by atoms with Crippen LogP contribution in [0.5, 0.6) is 0 Å². The maximum Gasteiger partial charge on any atom is 0.0695 e. The fourth-order valence-electron chi connectivity index (χ4n) is 3.64. The van der Waals surface area contributed by atoms with Crippen molar-refractivity contribution < 1.29 is 5.11 Å². The zero-order chi connectivity index (χ0) is 12.3. The Bertz CT molecular complexity index is 225. The molecule has 0 aromatic heterocycles. The van der Waals surface area contributed by atoms with Crippen LogP contribution in [0.2, 0.25) is 0 Å². The topological polar surface area (TPSA) is 23.5 Å². The number of hydrogen-bond acceptors (Lipinski definition) is 2. The Labute approximate surface area is 106 Å². The van der Waals surface area contributed by atoms with Crippen LogP contribution in [0.4, 0.5) is 0 Å². The molecule has 2 heteroatoms. The summed E-state index contributed by atoms with van der Waals surface area (Å²) in [5.74, 6) is 1.45. The highest BCUT2D eigenvalue weighted by molar-refractivity contribution is 4.82. The molecule has 1 aliphatic carbocycles. The van der Waals surface area contributed by atoms with E-state index in [0.29, 0.717) is 12.0 Å². The molecule has 0 spiro atoms. The molecule has 2 nitrogen and oxygen atoms in total. The molecule has 17 heavy (non-hydrogen) atoms. The molecule has 0 radical (unpaired) electrons. The molecule has 1 aliphatic heterocycles. The van der Waals surface area contributed by atoms with E-state index in [1.165, 1.54) is 51.5 Å². The third-order valence-corrected chi connectivity index (χ3v) is 4.89. The van der Waals surface area contributed by atoms with Crippen LogP contribution in [0.15, 0.2) is 0 Å². The minimum Gasteiger partial charge on any atom is -0.392 e. The van der Waals surface area contributed by atoms with Gasteiger partial charge in [-0.05, 0) is 51.0 Å². The molecule has 2 fully saturated rings. The number of likely N-dealkylation sites (tertiary alicyclic amines) is 1. The van der Waals surface area contributed by atoms with Gasteiger partial charge in [0, 0.05) is 12.6 Å². The Balaban J connectivity index is 1.79. The van der Waals surface area contributed by atoms with E-state index in [0.717, 1.165) is 12.5 Å². The van der Waals surface area contributed by atoms with E-state index in [-0.39, 0.29) is 6.10 Å². The minimum absolute atomic E-state index is 0.0776. The summed E-state index contributed by atoms with van der Waals surface area (Å²) >= 11 is 0. The third-order valence-electron chi connectivity index (χ3n) is 4.89. The van der Waals surface area contributed by atoms with Crippen molar-refractivity contribution in [3.05, 3.63) is 0 Å². The summed E-state index contributed by atoms with van der Waals surface area (Å²) < 4.78 is 0. The maximum atomic E-state index is 10.4. The smallest absolute Gasteiger partial charge is 0.0695 e. The first-order valence-corrected chi connectivity index (χ1v) is 7.59. The van der Waals surface area contributed by atoms with Crippen molar-refractivity contribution in [1.82, 2.24) is 4.90 Å². The van der Waals surface area contributed by atoms with Gasteiger partial charge in [0.1, 0.15) is 0 Å². The lowest BCUT2D eigenvalue weighted by Gasteiger charge is -2.39. The van der Waals surface area contributed by atoms with E-state index < -0.39 is 0 Å². The average molecular weight is 239 g/mol. The molecule has 3 unspecified atom stereocenters. The van der Waals surface area contributed by atoms with Gasteiger partial charge in [0.2, 0.25) is 0 Å². The highest BCUT2D eigenvalue weighted by atomic mass is 16.3. The summed E-state index contributed by atoms with van der Waals surface area (Å²) in [6.07, 6.45) is 9.06. The summed E-state index contributed by atoms with van der Waals surface area (Å²) in [6.45, 7) is 6.78. The number of nitrogens with zero attached hydrogens (tertiary/aromatic N) is 1. The van der Waals surface area contributed by atoms with Crippen LogP contribution < -0.4 is 0 Å². The summed E-state index contributed by atoms with van der Waals surface area (Å²) in [4.78, 5) is 2.51. The Morgan fingerprint density at radius 1 is 1.12 bits per heavy atom. The van der Waals surface area contributed by atoms with Crippen LogP contribution in [-0.4, -0.2) is 35.2 Å². The molecule has 100 valence electrons. The minimum atomic E-state index is -0.0776. The van der Waals surface area contributed by atoms with Crippen LogP contribution in [0.3, 0.4) is 0 Å². The number of aliphatic hydroxyl groups is 1. The zero-order valence-electron chi connectivity index (χ0n) is 11.6. The van der Waals surface area contributed by atoms with E-state index in [4.69, 9.17) is 0 Å². The van der Waals surface area contributed by atoms with E-state index in [1.807, 2.05) is 0 Å². The van der Waals surface area contributed by atoms with Crippen molar-refractivity contribution in [2.75, 3.05) is 13.1 Å². The van der Waals surface area contributed by atoms with E-state index in [2.05, 4.69) is 18.7 Å². The van der Waals surface area contributed by atoms with Crippen molar-refractivity contribution in [2.45, 2.75) is 70.9 Å². The Morgan fingerprint density at radius 3 is 2.47 bits per heavy atom. The molecule has 2 rings (SSSR count). The third kappa shape index (κ3) is 3.69. The van der Waals surface area contributed by atoms with Gasteiger partial charge < -0.3 is 5.11 Å². The second kappa shape index (κ2) is 6.19. The predicted octanol–water partition coefficient (Wildman–Crippen LogP) is 3.05. The van der Waals surface area contributed by atoms with Crippen molar-refractivity contribution in [3.8, 4) is 0 Å². The van der Waals surface area contributed by atoms with Crippen molar-refractivity contribution in [1.29, 1.82) is 0 Å². The molecule has 0 amide bonds. The standard InChI is InChI=1S/C15H29NO/c1-12-8-9-16(13(2)10-12)11-15(17)14-6-4-3-5-7-14/h12-15,17H,3-11H2,1-2H3. The van der Waals surface area contributed by atoms with Gasteiger partial charge >= 0.3 is 0 Å². The quantitative estimate of drug-likeness (QED) is 0.818. The van der Waals surface area contributed by atoms with Crippen LogP contribution >= 0.6 is 0 Å². The Morgan fingerprint density at radius 2 is 1.82 bits per heavy atom. The summed E-state index contributed by atoms with van der Waals surface area (Å²) in [5.41, 5.74) is 0.